The van der Waals surface area contributed by atoms with E-state index in [4.69, 9.17) is 0 Å². The Bertz CT molecular complexity index is 392. The molecule has 0 saturated carbocycles. The number of hydrogen-bond acceptors (Lipinski definition) is 2. The molecule has 0 saturated heterocycles. The van der Waals surface area contributed by atoms with Gasteiger partial charge in [0.05, 0.1) is 0 Å². The van der Waals surface area contributed by atoms with Gasteiger partial charge in [-0.25, -0.2) is 0 Å². The van der Waals surface area contributed by atoms with Gasteiger partial charge in [-0.15, -0.1) is 6.58 Å². The zero-order valence-corrected chi connectivity index (χ0v) is 10.0. The highest BCUT2D eigenvalue weighted by molar-refractivity contribution is 5.87. The number of benzene rings is 1. The molecule has 0 amide bonds. The quantitative estimate of drug-likeness (QED) is 0.789. The van der Waals surface area contributed by atoms with Crippen LogP contribution in [0.15, 0.2) is 43.0 Å². The predicted octanol–water partition coefficient (Wildman–Crippen LogP) is 2.68. The highest BCUT2D eigenvalue weighted by Crippen LogP contribution is 2.41. The average molecular weight is 218 g/mol. The van der Waals surface area contributed by atoms with Crippen molar-refractivity contribution in [2.45, 2.75) is 26.4 Å². The second kappa shape index (κ2) is 4.22. The first-order valence-electron chi connectivity index (χ1n) is 5.29. The van der Waals surface area contributed by atoms with Crippen LogP contribution in [0.1, 0.15) is 26.3 Å². The molecule has 0 radical (unpaired) electrons. The average Bonchev–Trinajstić information content (AvgIpc) is 2.28. The van der Waals surface area contributed by atoms with E-state index in [-0.39, 0.29) is 5.78 Å². The molecule has 1 atom stereocenters. The lowest BCUT2D eigenvalue weighted by molar-refractivity contribution is -0.146. The highest BCUT2D eigenvalue weighted by atomic mass is 16.3. The zero-order chi connectivity index (χ0) is 12.4. The van der Waals surface area contributed by atoms with E-state index in [0.29, 0.717) is 5.56 Å². The lowest BCUT2D eigenvalue weighted by Crippen LogP contribution is -2.46. The number of carbonyl (C=O) groups excluding carboxylic acids is 1. The number of rotatable bonds is 4. The van der Waals surface area contributed by atoms with Gasteiger partial charge in [0.2, 0.25) is 0 Å². The molecule has 0 aliphatic heterocycles. The maximum Gasteiger partial charge on any atom is 0.166 e. The van der Waals surface area contributed by atoms with Crippen molar-refractivity contribution in [2.75, 3.05) is 0 Å². The van der Waals surface area contributed by atoms with Gasteiger partial charge in [0.1, 0.15) is 0 Å². The molecule has 0 bridgehead atoms. The molecule has 86 valence electrons. The fourth-order valence-electron chi connectivity index (χ4n) is 1.86. The Balaban J connectivity index is 3.40. The minimum absolute atomic E-state index is 0.274. The van der Waals surface area contributed by atoms with Crippen molar-refractivity contribution in [3.05, 3.63) is 48.6 Å². The molecule has 1 unspecified atom stereocenters. The van der Waals surface area contributed by atoms with Gasteiger partial charge in [-0.2, -0.15) is 0 Å². The summed E-state index contributed by atoms with van der Waals surface area (Å²) in [6.45, 7) is 8.70. The Morgan fingerprint density at radius 3 is 2.19 bits per heavy atom. The molecule has 16 heavy (non-hydrogen) atoms. The normalized spacial score (nSPS) is 15.2. The van der Waals surface area contributed by atoms with Crippen LogP contribution in [0, 0.1) is 5.41 Å². The van der Waals surface area contributed by atoms with Crippen LogP contribution in [0.5, 0.6) is 0 Å². The third-order valence-corrected chi connectivity index (χ3v) is 3.14. The van der Waals surface area contributed by atoms with Crippen molar-refractivity contribution in [1.82, 2.24) is 0 Å². The van der Waals surface area contributed by atoms with Gasteiger partial charge < -0.3 is 5.11 Å². The van der Waals surface area contributed by atoms with E-state index in [1.165, 1.54) is 6.92 Å². The first kappa shape index (κ1) is 12.7. The van der Waals surface area contributed by atoms with E-state index in [0.717, 1.165) is 0 Å². The fourth-order valence-corrected chi connectivity index (χ4v) is 1.86. The number of ketones is 1. The topological polar surface area (TPSA) is 37.3 Å². The highest BCUT2D eigenvalue weighted by Gasteiger charge is 2.46. The Morgan fingerprint density at radius 2 is 1.81 bits per heavy atom. The van der Waals surface area contributed by atoms with Crippen molar-refractivity contribution in [3.63, 3.8) is 0 Å². The third kappa shape index (κ3) is 1.81. The summed E-state index contributed by atoms with van der Waals surface area (Å²) in [7, 11) is 0. The van der Waals surface area contributed by atoms with E-state index in [2.05, 4.69) is 6.58 Å². The van der Waals surface area contributed by atoms with Gasteiger partial charge in [0, 0.05) is 5.41 Å². The molecule has 1 N–H and O–H groups in total. The second-order valence-corrected chi connectivity index (χ2v) is 4.56. The lowest BCUT2D eigenvalue weighted by atomic mass is 9.69. The second-order valence-electron chi connectivity index (χ2n) is 4.56. The number of hydrogen-bond donors (Lipinski definition) is 1. The summed E-state index contributed by atoms with van der Waals surface area (Å²) in [6.07, 6.45) is 1.61. The van der Waals surface area contributed by atoms with Crippen LogP contribution in [0.4, 0.5) is 0 Å². The molecule has 0 spiro atoms. The summed E-state index contributed by atoms with van der Waals surface area (Å²) >= 11 is 0. The summed E-state index contributed by atoms with van der Waals surface area (Å²) in [5.74, 6) is -0.274. The van der Waals surface area contributed by atoms with E-state index < -0.39 is 11.0 Å². The van der Waals surface area contributed by atoms with Crippen LogP contribution in [-0.2, 0) is 10.4 Å². The van der Waals surface area contributed by atoms with Crippen LogP contribution in [0.2, 0.25) is 0 Å². The molecule has 0 aliphatic carbocycles. The molecule has 1 aromatic rings. The van der Waals surface area contributed by atoms with E-state index in [1.807, 2.05) is 18.2 Å². The Labute approximate surface area is 96.6 Å². The van der Waals surface area contributed by atoms with Gasteiger partial charge in [-0.1, -0.05) is 50.3 Å². The monoisotopic (exact) mass is 218 g/mol. The maximum atomic E-state index is 11.8. The molecular formula is C14H18O2. The molecule has 1 aromatic carbocycles. The molecular weight excluding hydrogens is 200 g/mol. The van der Waals surface area contributed by atoms with Crippen molar-refractivity contribution >= 4 is 5.78 Å². The van der Waals surface area contributed by atoms with Crippen LogP contribution in [0.3, 0.4) is 0 Å². The summed E-state index contributed by atoms with van der Waals surface area (Å²) in [4.78, 5) is 11.8. The third-order valence-electron chi connectivity index (χ3n) is 3.14. The largest absolute Gasteiger partial charge is 0.376 e. The molecule has 2 heteroatoms. The van der Waals surface area contributed by atoms with Gasteiger partial charge in [-0.05, 0) is 12.5 Å². The molecule has 2 nitrogen and oxygen atoms in total. The molecule has 0 aromatic heterocycles. The zero-order valence-electron chi connectivity index (χ0n) is 10.0. The summed E-state index contributed by atoms with van der Waals surface area (Å²) in [5, 5.41) is 10.7. The minimum Gasteiger partial charge on any atom is -0.376 e. The number of carbonyl (C=O) groups is 1. The predicted molar refractivity (Wildman–Crippen MR) is 65.0 cm³/mol. The first-order chi connectivity index (χ1) is 7.36. The Hall–Kier alpha value is -1.41. The van der Waals surface area contributed by atoms with Gasteiger partial charge in [0.15, 0.2) is 11.4 Å². The summed E-state index contributed by atoms with van der Waals surface area (Å²) in [6, 6.07) is 8.98. The van der Waals surface area contributed by atoms with E-state index in [1.54, 1.807) is 32.1 Å². The first-order valence-corrected chi connectivity index (χ1v) is 5.29. The Morgan fingerprint density at radius 1 is 1.31 bits per heavy atom. The fraction of sp³-hybridized carbons (Fsp3) is 0.357. The number of aliphatic hydroxyl groups is 1. The van der Waals surface area contributed by atoms with Crippen LogP contribution < -0.4 is 0 Å². The minimum atomic E-state index is -1.52. The lowest BCUT2D eigenvalue weighted by Gasteiger charge is -2.39. The molecule has 0 aliphatic rings. The molecule has 0 fully saturated rings. The smallest absolute Gasteiger partial charge is 0.166 e. The molecule has 0 heterocycles. The maximum absolute atomic E-state index is 11.8. The van der Waals surface area contributed by atoms with E-state index >= 15 is 0 Å². The summed E-state index contributed by atoms with van der Waals surface area (Å²) < 4.78 is 0. The van der Waals surface area contributed by atoms with Gasteiger partial charge in [-0.3, -0.25) is 4.79 Å². The summed E-state index contributed by atoms with van der Waals surface area (Å²) in [5.41, 5.74) is -1.62. The van der Waals surface area contributed by atoms with Crippen molar-refractivity contribution < 1.29 is 9.90 Å². The van der Waals surface area contributed by atoms with Crippen LogP contribution >= 0.6 is 0 Å². The molecule has 1 rings (SSSR count). The van der Waals surface area contributed by atoms with Gasteiger partial charge in [0.25, 0.3) is 0 Å². The van der Waals surface area contributed by atoms with Crippen molar-refractivity contribution in [3.8, 4) is 0 Å². The van der Waals surface area contributed by atoms with E-state index in [9.17, 15) is 9.90 Å². The van der Waals surface area contributed by atoms with Crippen molar-refractivity contribution in [1.29, 1.82) is 0 Å². The SMILES string of the molecule is C=CC(C)(C)C(O)(C(C)=O)c1ccccc1. The van der Waals surface area contributed by atoms with Crippen molar-refractivity contribution in [2.24, 2.45) is 5.41 Å². The number of Topliss-reactive ketones (excluding diaryl/α,β-unsaturated/α-hetero) is 1. The van der Waals surface area contributed by atoms with Crippen LogP contribution in [-0.4, -0.2) is 10.9 Å². The Kier molecular flexibility index (Phi) is 3.34. The standard InChI is InChI=1S/C14H18O2/c1-5-13(3,4)14(16,11(2)15)12-9-7-6-8-10-12/h5-10,16H,1H2,2-4H3. The van der Waals surface area contributed by atoms with Gasteiger partial charge >= 0.3 is 0 Å². The van der Waals surface area contributed by atoms with Crippen LogP contribution in [0.25, 0.3) is 0 Å².